The number of aromatic nitrogens is 2. The number of hydrogen-bond acceptors (Lipinski definition) is 5. The van der Waals surface area contributed by atoms with Crippen molar-refractivity contribution < 1.29 is 14.4 Å². The molecule has 0 radical (unpaired) electrons. The van der Waals surface area contributed by atoms with Crippen LogP contribution in [0.4, 0.5) is 0 Å². The number of hydrogen-bond donors (Lipinski definition) is 1. The van der Waals surface area contributed by atoms with Crippen molar-refractivity contribution in [3.8, 4) is 0 Å². The smallest absolute Gasteiger partial charge is 0.253 e. The molecule has 1 saturated heterocycles. The molecule has 0 bridgehead atoms. The minimum Gasteiger partial charge on any atom is -0.347 e. The highest BCUT2D eigenvalue weighted by atomic mass is 16.2. The molecule has 0 aliphatic carbocycles. The van der Waals surface area contributed by atoms with Crippen molar-refractivity contribution in [2.45, 2.75) is 38.3 Å². The van der Waals surface area contributed by atoms with Crippen LogP contribution in [0.3, 0.4) is 0 Å². The maximum atomic E-state index is 13.0. The zero-order chi connectivity index (χ0) is 22.2. The van der Waals surface area contributed by atoms with Crippen LogP contribution in [-0.2, 0) is 16.1 Å². The molecule has 3 heterocycles. The van der Waals surface area contributed by atoms with Crippen molar-refractivity contribution in [1.82, 2.24) is 25.1 Å². The van der Waals surface area contributed by atoms with Crippen LogP contribution >= 0.6 is 0 Å². The summed E-state index contributed by atoms with van der Waals surface area (Å²) in [7, 11) is 3.48. The molecule has 8 heteroatoms. The molecule has 0 spiro atoms. The average Bonchev–Trinajstić information content (AvgIpc) is 2.84. The third-order valence-electron chi connectivity index (χ3n) is 5.57. The van der Waals surface area contributed by atoms with Gasteiger partial charge in [0.1, 0.15) is 0 Å². The zero-order valence-corrected chi connectivity index (χ0v) is 18.0. The number of likely N-dealkylation sites (N-methyl/N-ethyl adjacent to an activating group) is 1. The Morgan fingerprint density at radius 1 is 1.16 bits per heavy atom. The minimum atomic E-state index is -0.371. The molecular formula is C23H29N5O3. The number of rotatable bonds is 5. The molecule has 2 aromatic heterocycles. The number of amides is 3. The van der Waals surface area contributed by atoms with Crippen molar-refractivity contribution in [3.05, 3.63) is 60.2 Å². The second kappa shape index (κ2) is 10.7. The fourth-order valence-corrected chi connectivity index (χ4v) is 3.85. The molecule has 3 rings (SSSR count). The highest BCUT2D eigenvalue weighted by Crippen LogP contribution is 2.21. The van der Waals surface area contributed by atoms with Gasteiger partial charge in [0.15, 0.2) is 0 Å². The summed E-state index contributed by atoms with van der Waals surface area (Å²) >= 11 is 0. The molecule has 2 aromatic rings. The minimum absolute atomic E-state index is 0.0385. The molecule has 0 aromatic carbocycles. The van der Waals surface area contributed by atoms with E-state index < -0.39 is 0 Å². The molecular weight excluding hydrogens is 394 g/mol. The lowest BCUT2D eigenvalue weighted by Gasteiger charge is -2.25. The highest BCUT2D eigenvalue weighted by molar-refractivity contribution is 5.94. The Kier molecular flexibility index (Phi) is 7.70. The fourth-order valence-electron chi connectivity index (χ4n) is 3.85. The summed E-state index contributed by atoms with van der Waals surface area (Å²) in [4.78, 5) is 49.6. The lowest BCUT2D eigenvalue weighted by molar-refractivity contribution is -0.140. The number of carbonyl (C=O) groups excluding carboxylic acids is 3. The summed E-state index contributed by atoms with van der Waals surface area (Å²) in [6.07, 6.45) is 8.79. The first-order chi connectivity index (χ1) is 14.9. The summed E-state index contributed by atoms with van der Waals surface area (Å²) in [5.41, 5.74) is 1.43. The van der Waals surface area contributed by atoms with Gasteiger partial charge in [-0.05, 0) is 36.6 Å². The Bertz CT molecular complexity index is 891. The first kappa shape index (κ1) is 22.4. The second-order valence-corrected chi connectivity index (χ2v) is 8.07. The Balaban J connectivity index is 1.62. The summed E-state index contributed by atoms with van der Waals surface area (Å²) in [5, 5.41) is 3.01. The van der Waals surface area contributed by atoms with E-state index >= 15 is 0 Å². The van der Waals surface area contributed by atoms with E-state index in [0.29, 0.717) is 31.5 Å². The Labute approximate surface area is 182 Å². The Morgan fingerprint density at radius 3 is 2.58 bits per heavy atom. The maximum absolute atomic E-state index is 13.0. The monoisotopic (exact) mass is 423 g/mol. The van der Waals surface area contributed by atoms with Crippen LogP contribution in [0.2, 0.25) is 0 Å². The maximum Gasteiger partial charge on any atom is 0.253 e. The number of nitrogens with zero attached hydrogens (tertiary/aromatic N) is 4. The van der Waals surface area contributed by atoms with Gasteiger partial charge < -0.3 is 15.1 Å². The van der Waals surface area contributed by atoms with Gasteiger partial charge >= 0.3 is 0 Å². The van der Waals surface area contributed by atoms with Gasteiger partial charge in [-0.3, -0.25) is 24.4 Å². The van der Waals surface area contributed by atoms with Gasteiger partial charge in [0, 0.05) is 70.4 Å². The third-order valence-corrected chi connectivity index (χ3v) is 5.57. The first-order valence-electron chi connectivity index (χ1n) is 10.5. The van der Waals surface area contributed by atoms with Crippen molar-refractivity contribution in [3.63, 3.8) is 0 Å². The van der Waals surface area contributed by atoms with Gasteiger partial charge in [-0.1, -0.05) is 12.5 Å². The molecule has 31 heavy (non-hydrogen) atoms. The summed E-state index contributed by atoms with van der Waals surface area (Å²) in [6, 6.07) is 7.01. The lowest BCUT2D eigenvalue weighted by Crippen LogP contribution is -2.44. The van der Waals surface area contributed by atoms with Crippen molar-refractivity contribution in [2.75, 3.05) is 20.6 Å². The van der Waals surface area contributed by atoms with Gasteiger partial charge in [-0.25, -0.2) is 0 Å². The number of nitrogens with one attached hydrogen (secondary N) is 1. The van der Waals surface area contributed by atoms with Crippen molar-refractivity contribution in [1.29, 1.82) is 0 Å². The zero-order valence-electron chi connectivity index (χ0n) is 18.0. The summed E-state index contributed by atoms with van der Waals surface area (Å²) < 4.78 is 0. The van der Waals surface area contributed by atoms with E-state index in [2.05, 4.69) is 15.3 Å². The number of pyridine rings is 2. The van der Waals surface area contributed by atoms with Crippen LogP contribution in [0.1, 0.15) is 41.6 Å². The quantitative estimate of drug-likeness (QED) is 0.792. The van der Waals surface area contributed by atoms with E-state index in [4.69, 9.17) is 0 Å². The molecule has 0 saturated carbocycles. The van der Waals surface area contributed by atoms with Crippen molar-refractivity contribution >= 4 is 17.7 Å². The van der Waals surface area contributed by atoms with Crippen LogP contribution in [0.25, 0.3) is 0 Å². The topological polar surface area (TPSA) is 95.5 Å². The molecule has 1 N–H and O–H groups in total. The molecule has 2 atom stereocenters. The summed E-state index contributed by atoms with van der Waals surface area (Å²) in [6.45, 7) is 0.869. The Morgan fingerprint density at radius 2 is 1.90 bits per heavy atom. The van der Waals surface area contributed by atoms with E-state index in [-0.39, 0.29) is 36.1 Å². The molecule has 3 amide bonds. The van der Waals surface area contributed by atoms with Crippen LogP contribution in [0, 0.1) is 5.92 Å². The van der Waals surface area contributed by atoms with E-state index in [1.165, 1.54) is 6.20 Å². The van der Waals surface area contributed by atoms with E-state index in [1.807, 2.05) is 12.1 Å². The number of carbonyl (C=O) groups is 3. The van der Waals surface area contributed by atoms with Crippen molar-refractivity contribution in [2.24, 2.45) is 5.92 Å². The standard InChI is InChI=1S/C23H29N5O3/c1-27-16-20(26-22(30)19-8-5-11-25-14-19)9-3-7-18(12-21(27)29)23(31)28(2)15-17-6-4-10-24-13-17/h4-6,8,10-11,13-14,18,20H,3,7,9,12,15-16H2,1-2H3,(H,26,30). The van der Waals surface area contributed by atoms with Crippen LogP contribution in [0.15, 0.2) is 49.1 Å². The predicted molar refractivity (Wildman–Crippen MR) is 116 cm³/mol. The Hall–Kier alpha value is -3.29. The SMILES string of the molecule is CN1CC(NC(=O)c2cccnc2)CCCC(C(=O)N(C)Cc2cccnc2)CC1=O. The van der Waals surface area contributed by atoms with Gasteiger partial charge in [0.25, 0.3) is 5.91 Å². The largest absolute Gasteiger partial charge is 0.347 e. The van der Waals surface area contributed by atoms with Crippen LogP contribution in [-0.4, -0.2) is 64.2 Å². The fraction of sp³-hybridized carbons (Fsp3) is 0.435. The molecule has 164 valence electrons. The van der Waals surface area contributed by atoms with Gasteiger partial charge in [0.05, 0.1) is 5.56 Å². The molecule has 2 unspecified atom stereocenters. The average molecular weight is 424 g/mol. The van der Waals surface area contributed by atoms with E-state index in [9.17, 15) is 14.4 Å². The normalized spacial score (nSPS) is 19.7. The summed E-state index contributed by atoms with van der Waals surface area (Å²) in [5.74, 6) is -0.703. The van der Waals surface area contributed by atoms with Gasteiger partial charge in [0.2, 0.25) is 11.8 Å². The van der Waals surface area contributed by atoms with E-state index in [0.717, 1.165) is 12.0 Å². The third kappa shape index (κ3) is 6.34. The highest BCUT2D eigenvalue weighted by Gasteiger charge is 2.29. The molecule has 8 nitrogen and oxygen atoms in total. The molecule has 1 aliphatic heterocycles. The molecule has 1 fully saturated rings. The van der Waals surface area contributed by atoms with Crippen LogP contribution < -0.4 is 5.32 Å². The lowest BCUT2D eigenvalue weighted by atomic mass is 9.95. The van der Waals surface area contributed by atoms with E-state index in [1.54, 1.807) is 54.6 Å². The predicted octanol–water partition coefficient (Wildman–Crippen LogP) is 1.88. The second-order valence-electron chi connectivity index (χ2n) is 8.07. The van der Waals surface area contributed by atoms with Gasteiger partial charge in [-0.15, -0.1) is 0 Å². The van der Waals surface area contributed by atoms with Crippen LogP contribution in [0.5, 0.6) is 0 Å². The molecule has 1 aliphatic rings. The van der Waals surface area contributed by atoms with Gasteiger partial charge in [-0.2, -0.15) is 0 Å². The first-order valence-corrected chi connectivity index (χ1v) is 10.5.